The summed E-state index contributed by atoms with van der Waals surface area (Å²) in [6.07, 6.45) is 5.16. The van der Waals surface area contributed by atoms with Gasteiger partial charge in [0.2, 0.25) is 0 Å². The van der Waals surface area contributed by atoms with E-state index < -0.39 is 11.6 Å². The molecule has 0 bridgehead atoms. The topological polar surface area (TPSA) is 56.7 Å². The minimum absolute atomic E-state index is 0.0716. The molecule has 0 aliphatic carbocycles. The van der Waals surface area contributed by atoms with Crippen LogP contribution in [0.3, 0.4) is 0 Å². The Morgan fingerprint density at radius 3 is 2.78 bits per heavy atom. The van der Waals surface area contributed by atoms with Gasteiger partial charge in [-0.25, -0.2) is 18.7 Å². The number of hydrogen-bond donors (Lipinski definition) is 0. The first-order valence-electron chi connectivity index (χ1n) is 6.86. The minimum Gasteiger partial charge on any atom is -0.359 e. The average Bonchev–Trinajstić information content (AvgIpc) is 3.18. The summed E-state index contributed by atoms with van der Waals surface area (Å²) in [7, 11) is 0. The molecule has 0 spiro atoms. The van der Waals surface area contributed by atoms with E-state index in [9.17, 15) is 8.78 Å². The van der Waals surface area contributed by atoms with Gasteiger partial charge in [-0.15, -0.1) is 0 Å². The number of hydrogen-bond acceptors (Lipinski definition) is 4. The van der Waals surface area contributed by atoms with Crippen LogP contribution in [0.15, 0.2) is 53.6 Å². The van der Waals surface area contributed by atoms with Crippen LogP contribution in [-0.4, -0.2) is 19.7 Å². The van der Waals surface area contributed by atoms with Crippen molar-refractivity contribution in [2.45, 2.75) is 6.54 Å². The lowest BCUT2D eigenvalue weighted by molar-refractivity contribution is 0.378. The van der Waals surface area contributed by atoms with E-state index in [4.69, 9.17) is 4.52 Å². The molecular formula is C16H10F2N4O. The lowest BCUT2D eigenvalue weighted by Crippen LogP contribution is -1.99. The van der Waals surface area contributed by atoms with Gasteiger partial charge in [0, 0.05) is 24.0 Å². The van der Waals surface area contributed by atoms with Crippen molar-refractivity contribution in [3.05, 3.63) is 66.4 Å². The van der Waals surface area contributed by atoms with E-state index in [1.807, 2.05) is 23.0 Å². The van der Waals surface area contributed by atoms with Crippen molar-refractivity contribution in [2.75, 3.05) is 0 Å². The fraction of sp³-hybridized carbons (Fsp3) is 0.0625. The number of halogens is 2. The molecule has 2 aliphatic rings. The summed E-state index contributed by atoms with van der Waals surface area (Å²) in [5.74, 6) is -0.555. The Labute approximate surface area is 129 Å². The van der Waals surface area contributed by atoms with Crippen molar-refractivity contribution in [1.82, 2.24) is 19.7 Å². The van der Waals surface area contributed by atoms with E-state index >= 15 is 0 Å². The highest BCUT2D eigenvalue weighted by molar-refractivity contribution is 5.59. The highest BCUT2D eigenvalue weighted by Crippen LogP contribution is 2.24. The first-order valence-corrected chi connectivity index (χ1v) is 6.86. The molecule has 0 unspecified atom stereocenters. The summed E-state index contributed by atoms with van der Waals surface area (Å²) in [5, 5.41) is 3.81. The van der Waals surface area contributed by atoms with Crippen molar-refractivity contribution >= 4 is 0 Å². The number of nitrogens with zero attached hydrogens (tertiary/aromatic N) is 4. The van der Waals surface area contributed by atoms with Gasteiger partial charge in [0.25, 0.3) is 0 Å². The summed E-state index contributed by atoms with van der Waals surface area (Å²) in [4.78, 5) is 8.22. The van der Waals surface area contributed by atoms with Gasteiger partial charge in [0.1, 0.15) is 29.3 Å². The molecule has 4 rings (SSSR count). The van der Waals surface area contributed by atoms with Crippen LogP contribution in [-0.2, 0) is 6.54 Å². The molecule has 23 heavy (non-hydrogen) atoms. The number of pyridine rings is 1. The van der Waals surface area contributed by atoms with Crippen LogP contribution in [0.2, 0.25) is 0 Å². The Morgan fingerprint density at radius 1 is 1.00 bits per heavy atom. The van der Waals surface area contributed by atoms with E-state index in [2.05, 4.69) is 15.1 Å². The Morgan fingerprint density at radius 2 is 1.87 bits per heavy atom. The molecule has 0 atom stereocenters. The molecule has 0 N–H and O–H groups in total. The second-order valence-electron chi connectivity index (χ2n) is 5.06. The lowest BCUT2D eigenvalue weighted by atomic mass is 10.1. The molecule has 1 aromatic heterocycles. The maximum Gasteiger partial charge on any atom is 0.157 e. The van der Waals surface area contributed by atoms with E-state index in [-0.39, 0.29) is 11.3 Å². The molecule has 0 saturated heterocycles. The van der Waals surface area contributed by atoms with Gasteiger partial charge in [-0.2, -0.15) is 0 Å². The maximum atomic E-state index is 13.8. The second-order valence-corrected chi connectivity index (χ2v) is 5.06. The minimum atomic E-state index is -0.549. The molecule has 0 saturated carbocycles. The van der Waals surface area contributed by atoms with Crippen LogP contribution in [0, 0.1) is 11.6 Å². The maximum absolute atomic E-state index is 13.8. The van der Waals surface area contributed by atoms with Gasteiger partial charge in [0.05, 0.1) is 12.2 Å². The molecule has 5 nitrogen and oxygen atoms in total. The average molecular weight is 312 g/mol. The summed E-state index contributed by atoms with van der Waals surface area (Å²) in [5.41, 5.74) is 1.90. The van der Waals surface area contributed by atoms with Crippen LogP contribution in [0.1, 0.15) is 5.76 Å². The van der Waals surface area contributed by atoms with E-state index in [1.54, 1.807) is 6.07 Å². The summed E-state index contributed by atoms with van der Waals surface area (Å²) in [6, 6.07) is 6.65. The predicted molar refractivity (Wildman–Crippen MR) is 77.6 cm³/mol. The molecule has 114 valence electrons. The molecular weight excluding hydrogens is 302 g/mol. The van der Waals surface area contributed by atoms with Crippen molar-refractivity contribution in [3.8, 4) is 22.6 Å². The van der Waals surface area contributed by atoms with Gasteiger partial charge < -0.3 is 9.09 Å². The third kappa shape index (κ3) is 2.57. The molecule has 1 aromatic carbocycles. The third-order valence-corrected chi connectivity index (χ3v) is 3.47. The fourth-order valence-electron chi connectivity index (χ4n) is 2.37. The van der Waals surface area contributed by atoms with Crippen molar-refractivity contribution in [3.63, 3.8) is 0 Å². The first-order chi connectivity index (χ1) is 11.2. The zero-order valence-electron chi connectivity index (χ0n) is 11.8. The van der Waals surface area contributed by atoms with E-state index in [0.29, 0.717) is 12.3 Å². The van der Waals surface area contributed by atoms with Gasteiger partial charge in [-0.05, 0) is 24.3 Å². The largest absolute Gasteiger partial charge is 0.359 e. The van der Waals surface area contributed by atoms with Crippen molar-refractivity contribution in [1.29, 1.82) is 0 Å². The van der Waals surface area contributed by atoms with Crippen LogP contribution < -0.4 is 0 Å². The zero-order valence-corrected chi connectivity index (χ0v) is 11.8. The van der Waals surface area contributed by atoms with Gasteiger partial charge >= 0.3 is 0 Å². The van der Waals surface area contributed by atoms with E-state index in [1.165, 1.54) is 6.33 Å². The SMILES string of the molecule is Fc1ccc(F)c(-c2cc(Cn3ccc4ncnc-4c3)on2)c1. The molecule has 2 aliphatic heterocycles. The molecule has 3 heterocycles. The van der Waals surface area contributed by atoms with Gasteiger partial charge in [-0.1, -0.05) is 5.16 Å². The van der Waals surface area contributed by atoms with Crippen LogP contribution in [0.5, 0.6) is 0 Å². The fourth-order valence-corrected chi connectivity index (χ4v) is 2.37. The summed E-state index contributed by atoms with van der Waals surface area (Å²) >= 11 is 0. The Kier molecular flexibility index (Phi) is 3.11. The van der Waals surface area contributed by atoms with Crippen LogP contribution >= 0.6 is 0 Å². The third-order valence-electron chi connectivity index (χ3n) is 3.47. The van der Waals surface area contributed by atoms with Crippen LogP contribution in [0.25, 0.3) is 22.6 Å². The van der Waals surface area contributed by atoms with Crippen molar-refractivity contribution < 1.29 is 13.3 Å². The number of fused-ring (bicyclic) bond motifs is 1. The Bertz CT molecular complexity index is 947. The quantitative estimate of drug-likeness (QED) is 0.582. The highest BCUT2D eigenvalue weighted by Gasteiger charge is 2.13. The number of imidazole rings is 1. The number of rotatable bonds is 3. The van der Waals surface area contributed by atoms with Crippen molar-refractivity contribution in [2.24, 2.45) is 0 Å². The molecule has 0 fully saturated rings. The highest BCUT2D eigenvalue weighted by atomic mass is 19.1. The summed E-state index contributed by atoms with van der Waals surface area (Å²) in [6.45, 7) is 0.396. The Balaban J connectivity index is 1.63. The molecule has 7 heteroatoms. The summed E-state index contributed by atoms with van der Waals surface area (Å²) < 4.78 is 34.1. The predicted octanol–water partition coefficient (Wildman–Crippen LogP) is 3.36. The molecule has 0 amide bonds. The van der Waals surface area contributed by atoms with E-state index in [0.717, 1.165) is 29.6 Å². The standard InChI is InChI=1S/C16H10F2N4O/c17-10-1-2-13(18)12(5-10)15-6-11(23-21-15)7-22-4-3-14-16(8-22)20-9-19-14/h1-6,8-9H,7H2. The van der Waals surface area contributed by atoms with Gasteiger partial charge in [0.15, 0.2) is 5.76 Å². The smallest absolute Gasteiger partial charge is 0.157 e. The normalized spacial score (nSPS) is 11.2. The second kappa shape index (κ2) is 5.28. The number of aromatic nitrogens is 4. The molecule has 0 radical (unpaired) electrons. The zero-order chi connectivity index (χ0) is 15.8. The monoisotopic (exact) mass is 312 g/mol. The van der Waals surface area contributed by atoms with Gasteiger partial charge in [-0.3, -0.25) is 0 Å². The Hall–Kier alpha value is -3.09. The molecule has 2 aromatic rings. The first kappa shape index (κ1) is 13.6. The lowest BCUT2D eigenvalue weighted by Gasteiger charge is -2.04. The number of benzene rings is 1. The van der Waals surface area contributed by atoms with Crippen LogP contribution in [0.4, 0.5) is 8.78 Å².